The van der Waals surface area contributed by atoms with E-state index in [1.165, 1.54) is 6.07 Å². The molecule has 3 heterocycles. The van der Waals surface area contributed by atoms with Crippen molar-refractivity contribution >= 4 is 17.5 Å². The van der Waals surface area contributed by atoms with E-state index >= 15 is 0 Å². The van der Waals surface area contributed by atoms with Crippen molar-refractivity contribution in [1.29, 1.82) is 5.26 Å². The van der Waals surface area contributed by atoms with Gasteiger partial charge in [-0.25, -0.2) is 4.79 Å². The minimum atomic E-state index is -1.88. The lowest BCUT2D eigenvalue weighted by Crippen LogP contribution is -2.49. The van der Waals surface area contributed by atoms with Crippen LogP contribution >= 0.6 is 0 Å². The minimum Gasteiger partial charge on any atom is -0.440 e. The molecule has 28 heavy (non-hydrogen) atoms. The van der Waals surface area contributed by atoms with Crippen LogP contribution < -0.4 is 26.7 Å². The molecule has 140 valence electrons. The van der Waals surface area contributed by atoms with Gasteiger partial charge in [-0.05, 0) is 13.0 Å². The lowest BCUT2D eigenvalue weighted by molar-refractivity contribution is -0.123. The van der Waals surface area contributed by atoms with Crippen molar-refractivity contribution < 1.29 is 18.7 Å². The SMILES string of the molecule is Cc1cc2c(c(=O)o1)C1(C(=O)N(CC(N)=O)c3ccccc31)C(C#N)=C(N)O2. The lowest BCUT2D eigenvalue weighted by Gasteiger charge is -2.33. The second kappa shape index (κ2) is 5.72. The average Bonchev–Trinajstić information content (AvgIpc) is 2.85. The molecule has 1 spiro atoms. The van der Waals surface area contributed by atoms with E-state index in [2.05, 4.69) is 0 Å². The summed E-state index contributed by atoms with van der Waals surface area (Å²) in [5, 5.41) is 9.81. The molecule has 0 saturated carbocycles. The molecule has 2 aromatic rings. The second-order valence-electron chi connectivity index (χ2n) is 6.46. The van der Waals surface area contributed by atoms with Crippen LogP contribution in [0, 0.1) is 18.3 Å². The fraction of sp³-hybridized carbons (Fsp3) is 0.158. The number of nitriles is 1. The fourth-order valence-corrected chi connectivity index (χ4v) is 3.87. The van der Waals surface area contributed by atoms with Crippen molar-refractivity contribution in [3.63, 3.8) is 0 Å². The molecule has 0 aliphatic carbocycles. The third kappa shape index (κ3) is 2.02. The first-order valence-electron chi connectivity index (χ1n) is 8.25. The summed E-state index contributed by atoms with van der Waals surface area (Å²) in [6.07, 6.45) is 0. The van der Waals surface area contributed by atoms with Crippen LogP contribution in [0.15, 0.2) is 51.0 Å². The fourth-order valence-electron chi connectivity index (χ4n) is 3.87. The number of primary amides is 1. The Balaban J connectivity index is 2.17. The quantitative estimate of drug-likeness (QED) is 0.754. The van der Waals surface area contributed by atoms with Gasteiger partial charge in [0.05, 0.1) is 0 Å². The van der Waals surface area contributed by atoms with Crippen LogP contribution in [0.3, 0.4) is 0 Å². The number of benzene rings is 1. The Hall–Kier alpha value is -4.06. The first kappa shape index (κ1) is 17.4. The van der Waals surface area contributed by atoms with Gasteiger partial charge in [0.25, 0.3) is 0 Å². The predicted molar refractivity (Wildman–Crippen MR) is 95.9 cm³/mol. The molecule has 1 aromatic heterocycles. The van der Waals surface area contributed by atoms with Crippen LogP contribution in [-0.4, -0.2) is 18.4 Å². The molecule has 1 unspecified atom stereocenters. The number of carbonyl (C=O) groups excluding carboxylic acids is 2. The highest BCUT2D eigenvalue weighted by Gasteiger charge is 2.61. The van der Waals surface area contributed by atoms with Gasteiger partial charge >= 0.3 is 5.63 Å². The summed E-state index contributed by atoms with van der Waals surface area (Å²) in [6, 6.07) is 9.82. The summed E-state index contributed by atoms with van der Waals surface area (Å²) in [7, 11) is 0. The molecule has 1 aromatic carbocycles. The van der Waals surface area contributed by atoms with E-state index in [4.69, 9.17) is 20.6 Å². The smallest absolute Gasteiger partial charge is 0.344 e. The Bertz CT molecular complexity index is 1190. The summed E-state index contributed by atoms with van der Waals surface area (Å²) in [5.74, 6) is -1.48. The van der Waals surface area contributed by atoms with Crippen LogP contribution in [0.25, 0.3) is 0 Å². The number of rotatable bonds is 2. The Morgan fingerprint density at radius 2 is 2.04 bits per heavy atom. The molecule has 2 aliphatic rings. The van der Waals surface area contributed by atoms with Crippen LogP contribution in [0.5, 0.6) is 5.75 Å². The summed E-state index contributed by atoms with van der Waals surface area (Å²) in [6.45, 7) is 1.12. The van der Waals surface area contributed by atoms with Gasteiger partial charge in [0.2, 0.25) is 17.7 Å². The van der Waals surface area contributed by atoms with Gasteiger partial charge in [0.15, 0.2) is 5.41 Å². The number of nitrogens with two attached hydrogens (primary N) is 2. The Morgan fingerprint density at radius 3 is 2.71 bits per heavy atom. The molecular weight excluding hydrogens is 364 g/mol. The largest absolute Gasteiger partial charge is 0.440 e. The number of carbonyl (C=O) groups is 2. The summed E-state index contributed by atoms with van der Waals surface area (Å²) in [4.78, 5) is 39.2. The van der Waals surface area contributed by atoms with Crippen molar-refractivity contribution in [1.82, 2.24) is 0 Å². The molecule has 9 nitrogen and oxygen atoms in total. The van der Waals surface area contributed by atoms with Gasteiger partial charge < -0.3 is 25.5 Å². The van der Waals surface area contributed by atoms with Crippen LogP contribution in [0.2, 0.25) is 0 Å². The maximum absolute atomic E-state index is 13.6. The zero-order valence-corrected chi connectivity index (χ0v) is 14.7. The molecule has 2 aliphatic heterocycles. The number of aryl methyl sites for hydroxylation is 1. The van der Waals surface area contributed by atoms with Crippen molar-refractivity contribution in [2.45, 2.75) is 12.3 Å². The highest BCUT2D eigenvalue weighted by molar-refractivity contribution is 6.15. The highest BCUT2D eigenvalue weighted by Crippen LogP contribution is 2.53. The number of para-hydroxylation sites is 1. The third-order valence-electron chi connectivity index (χ3n) is 4.85. The van der Waals surface area contributed by atoms with Crippen LogP contribution in [-0.2, 0) is 15.0 Å². The molecule has 2 amide bonds. The number of ether oxygens (including phenoxy) is 1. The number of nitrogens with zero attached hydrogens (tertiary/aromatic N) is 2. The zero-order valence-electron chi connectivity index (χ0n) is 14.7. The maximum atomic E-state index is 13.6. The van der Waals surface area contributed by atoms with E-state index in [1.54, 1.807) is 31.2 Å². The first-order valence-corrected chi connectivity index (χ1v) is 8.25. The molecule has 0 fully saturated rings. The van der Waals surface area contributed by atoms with Crippen molar-refractivity contribution in [3.05, 3.63) is 69.1 Å². The van der Waals surface area contributed by atoms with E-state index < -0.39 is 29.4 Å². The topological polar surface area (TPSA) is 153 Å². The van der Waals surface area contributed by atoms with E-state index in [-0.39, 0.29) is 28.5 Å². The Labute approximate surface area is 158 Å². The monoisotopic (exact) mass is 378 g/mol. The van der Waals surface area contributed by atoms with Gasteiger partial charge in [-0.1, -0.05) is 18.2 Å². The molecule has 0 saturated heterocycles. The molecule has 9 heteroatoms. The van der Waals surface area contributed by atoms with E-state index in [0.717, 1.165) is 4.90 Å². The maximum Gasteiger partial charge on any atom is 0.344 e. The Kier molecular flexibility index (Phi) is 3.55. The number of amides is 2. The van der Waals surface area contributed by atoms with Crippen molar-refractivity contribution in [2.75, 3.05) is 11.4 Å². The summed E-state index contributed by atoms with van der Waals surface area (Å²) >= 11 is 0. The number of fused-ring (bicyclic) bond motifs is 4. The van der Waals surface area contributed by atoms with Gasteiger partial charge in [-0.15, -0.1) is 0 Å². The lowest BCUT2D eigenvalue weighted by atomic mass is 9.69. The third-order valence-corrected chi connectivity index (χ3v) is 4.85. The van der Waals surface area contributed by atoms with Gasteiger partial charge in [0.1, 0.15) is 35.3 Å². The summed E-state index contributed by atoms with van der Waals surface area (Å²) in [5.41, 5.74) is 8.82. The normalized spacial score (nSPS) is 19.9. The van der Waals surface area contributed by atoms with Crippen molar-refractivity contribution in [2.24, 2.45) is 11.5 Å². The Morgan fingerprint density at radius 1 is 1.32 bits per heavy atom. The molecule has 0 bridgehead atoms. The average molecular weight is 378 g/mol. The highest BCUT2D eigenvalue weighted by atomic mass is 16.5. The van der Waals surface area contributed by atoms with Crippen LogP contribution in [0.4, 0.5) is 5.69 Å². The van der Waals surface area contributed by atoms with E-state index in [9.17, 15) is 19.6 Å². The minimum absolute atomic E-state index is 0.0225. The first-order chi connectivity index (χ1) is 13.3. The van der Waals surface area contributed by atoms with Gasteiger partial charge in [-0.3, -0.25) is 9.59 Å². The number of hydrogen-bond acceptors (Lipinski definition) is 7. The van der Waals surface area contributed by atoms with Crippen LogP contribution in [0.1, 0.15) is 16.9 Å². The summed E-state index contributed by atoms with van der Waals surface area (Å²) < 4.78 is 10.7. The molecule has 1 atom stereocenters. The molecule has 0 radical (unpaired) electrons. The number of hydrogen-bond donors (Lipinski definition) is 2. The molecule has 4 N–H and O–H groups in total. The molecular formula is C19H14N4O5. The second-order valence-corrected chi connectivity index (χ2v) is 6.46. The van der Waals surface area contributed by atoms with E-state index in [0.29, 0.717) is 11.3 Å². The van der Waals surface area contributed by atoms with Gasteiger partial charge in [-0.2, -0.15) is 5.26 Å². The predicted octanol–water partition coefficient (Wildman–Crippen LogP) is 0.152. The van der Waals surface area contributed by atoms with E-state index in [1.807, 2.05) is 6.07 Å². The number of anilines is 1. The molecule has 4 rings (SSSR count). The van der Waals surface area contributed by atoms with Crippen molar-refractivity contribution in [3.8, 4) is 11.8 Å². The zero-order chi connectivity index (χ0) is 20.2. The van der Waals surface area contributed by atoms with Gasteiger partial charge in [0, 0.05) is 17.3 Å². The standard InChI is InChI=1S/C19H14N4O5/c1-9-6-13-15(17(25)27-9)19(11(7-20)16(22)28-13)10-4-2-3-5-12(10)23(18(19)26)8-14(21)24/h2-6H,8,22H2,1H3,(H2,21,24).